The number of aromatic nitrogens is 1. The molecular formula is C8H8ClF3N2O2S. The largest absolute Gasteiger partial charge is 0.477 e. The van der Waals surface area contributed by atoms with Gasteiger partial charge >= 0.3 is 12.1 Å². The molecule has 9 heteroatoms. The minimum atomic E-state index is -4.26. The molecule has 0 radical (unpaired) electrons. The molecule has 0 unspecified atom stereocenters. The Morgan fingerprint density at radius 2 is 2.18 bits per heavy atom. The quantitative estimate of drug-likeness (QED) is 0.925. The molecule has 1 aromatic rings. The second kappa shape index (κ2) is 5.09. The average Bonchev–Trinajstić information content (AvgIpc) is 2.55. The second-order valence-corrected chi connectivity index (χ2v) is 4.54. The van der Waals surface area contributed by atoms with Crippen LogP contribution in [-0.4, -0.2) is 35.8 Å². The summed E-state index contributed by atoms with van der Waals surface area (Å²) in [5.41, 5.74) is 0. The van der Waals surface area contributed by atoms with E-state index in [0.717, 1.165) is 11.3 Å². The van der Waals surface area contributed by atoms with Crippen LogP contribution in [0.1, 0.15) is 16.1 Å². The van der Waals surface area contributed by atoms with Gasteiger partial charge in [-0.15, -0.1) is 0 Å². The number of carboxylic acids is 1. The lowest BCUT2D eigenvalue weighted by Crippen LogP contribution is -2.23. The second-order valence-electron chi connectivity index (χ2n) is 3.21. The van der Waals surface area contributed by atoms with Gasteiger partial charge in [-0.1, -0.05) is 22.9 Å². The van der Waals surface area contributed by atoms with Crippen LogP contribution in [-0.2, 0) is 0 Å². The minimum Gasteiger partial charge on any atom is -0.477 e. The molecule has 1 heterocycles. The standard InChI is InChI=1S/C8H8ClF3N2O2S/c1-14(3-2-8(10,11)12)7-13-5(9)4(17-7)6(15)16/h2-3H2,1H3,(H,15,16). The normalized spacial score (nSPS) is 11.6. The summed E-state index contributed by atoms with van der Waals surface area (Å²) in [5, 5.41) is 8.65. The minimum absolute atomic E-state index is 0.150. The van der Waals surface area contributed by atoms with Crippen LogP contribution in [0.4, 0.5) is 18.3 Å². The molecule has 0 aliphatic rings. The van der Waals surface area contributed by atoms with Crippen molar-refractivity contribution in [3.63, 3.8) is 0 Å². The molecule has 96 valence electrons. The van der Waals surface area contributed by atoms with Crippen LogP contribution in [0.3, 0.4) is 0 Å². The van der Waals surface area contributed by atoms with Crippen molar-refractivity contribution in [2.24, 2.45) is 0 Å². The van der Waals surface area contributed by atoms with Crippen molar-refractivity contribution in [1.29, 1.82) is 0 Å². The molecule has 0 saturated heterocycles. The van der Waals surface area contributed by atoms with Gasteiger partial charge in [0.1, 0.15) is 0 Å². The van der Waals surface area contributed by atoms with Gasteiger partial charge in [0.25, 0.3) is 0 Å². The number of alkyl halides is 3. The highest BCUT2D eigenvalue weighted by molar-refractivity contribution is 7.18. The third kappa shape index (κ3) is 4.04. The van der Waals surface area contributed by atoms with Gasteiger partial charge in [0.15, 0.2) is 15.2 Å². The van der Waals surface area contributed by atoms with E-state index in [1.165, 1.54) is 11.9 Å². The van der Waals surface area contributed by atoms with Crippen molar-refractivity contribution < 1.29 is 23.1 Å². The molecule has 0 aromatic carbocycles. The summed E-state index contributed by atoms with van der Waals surface area (Å²) in [6.45, 7) is -0.299. The number of halogens is 4. The van der Waals surface area contributed by atoms with Gasteiger partial charge in [0.2, 0.25) is 0 Å². The number of hydrogen-bond acceptors (Lipinski definition) is 4. The third-order valence-electron chi connectivity index (χ3n) is 1.83. The van der Waals surface area contributed by atoms with Crippen LogP contribution in [0.5, 0.6) is 0 Å². The molecule has 1 aromatic heterocycles. The molecule has 0 aliphatic heterocycles. The van der Waals surface area contributed by atoms with E-state index >= 15 is 0 Å². The number of hydrogen-bond donors (Lipinski definition) is 1. The Morgan fingerprint density at radius 3 is 2.59 bits per heavy atom. The van der Waals surface area contributed by atoms with Crippen molar-refractivity contribution in [1.82, 2.24) is 4.98 Å². The highest BCUT2D eigenvalue weighted by atomic mass is 35.5. The molecule has 0 aliphatic carbocycles. The van der Waals surface area contributed by atoms with Gasteiger partial charge < -0.3 is 10.0 Å². The van der Waals surface area contributed by atoms with Crippen LogP contribution < -0.4 is 4.90 Å². The summed E-state index contributed by atoms with van der Waals surface area (Å²) < 4.78 is 35.9. The molecule has 0 saturated carbocycles. The van der Waals surface area contributed by atoms with Crippen molar-refractivity contribution in [2.75, 3.05) is 18.5 Å². The average molecular weight is 289 g/mol. The molecule has 1 N–H and O–H groups in total. The number of carbonyl (C=O) groups is 1. The number of thiazole rings is 1. The smallest absolute Gasteiger partial charge is 0.390 e. The molecule has 4 nitrogen and oxygen atoms in total. The van der Waals surface area contributed by atoms with Gasteiger partial charge in [-0.3, -0.25) is 0 Å². The molecule has 0 atom stereocenters. The Hall–Kier alpha value is -1.02. The van der Waals surface area contributed by atoms with Gasteiger partial charge in [0, 0.05) is 13.6 Å². The molecule has 0 bridgehead atoms. The number of nitrogens with zero attached hydrogens (tertiary/aromatic N) is 2. The van der Waals surface area contributed by atoms with E-state index in [2.05, 4.69) is 4.98 Å². The zero-order valence-electron chi connectivity index (χ0n) is 8.58. The van der Waals surface area contributed by atoms with Crippen molar-refractivity contribution >= 4 is 34.0 Å². The van der Waals surface area contributed by atoms with E-state index in [1.54, 1.807) is 0 Å². The van der Waals surface area contributed by atoms with Crippen LogP contribution in [0.25, 0.3) is 0 Å². The maximum Gasteiger partial charge on any atom is 0.390 e. The first-order chi connectivity index (χ1) is 7.70. The summed E-state index contributed by atoms with van der Waals surface area (Å²) in [6, 6.07) is 0. The predicted octanol–water partition coefficient (Wildman–Crippen LogP) is 2.88. The SMILES string of the molecule is CN(CCC(F)(F)F)c1nc(Cl)c(C(=O)O)s1. The Bertz CT molecular complexity index is 421. The van der Waals surface area contributed by atoms with Crippen molar-refractivity contribution in [3.8, 4) is 0 Å². The van der Waals surface area contributed by atoms with Crippen molar-refractivity contribution in [3.05, 3.63) is 10.0 Å². The van der Waals surface area contributed by atoms with Gasteiger partial charge in [-0.05, 0) is 0 Å². The first-order valence-corrected chi connectivity index (χ1v) is 5.57. The van der Waals surface area contributed by atoms with E-state index < -0.39 is 18.6 Å². The lowest BCUT2D eigenvalue weighted by Gasteiger charge is -2.16. The first-order valence-electron chi connectivity index (χ1n) is 4.38. The molecule has 0 fully saturated rings. The summed E-state index contributed by atoms with van der Waals surface area (Å²) in [4.78, 5) is 15.4. The fourth-order valence-electron chi connectivity index (χ4n) is 0.976. The van der Waals surface area contributed by atoms with E-state index in [0.29, 0.717) is 0 Å². The first kappa shape index (κ1) is 14.0. The Balaban J connectivity index is 2.73. The summed E-state index contributed by atoms with van der Waals surface area (Å²) >= 11 is 6.29. The molecule has 0 spiro atoms. The zero-order chi connectivity index (χ0) is 13.2. The topological polar surface area (TPSA) is 53.4 Å². The monoisotopic (exact) mass is 288 g/mol. The lowest BCUT2D eigenvalue weighted by atomic mass is 10.4. The summed E-state index contributed by atoms with van der Waals surface area (Å²) in [6.07, 6.45) is -5.26. The Labute approximate surface area is 104 Å². The summed E-state index contributed by atoms with van der Waals surface area (Å²) in [5.74, 6) is -1.25. The number of rotatable bonds is 4. The highest BCUT2D eigenvalue weighted by Gasteiger charge is 2.28. The third-order valence-corrected chi connectivity index (χ3v) is 3.37. The van der Waals surface area contributed by atoms with E-state index in [9.17, 15) is 18.0 Å². The molecule has 17 heavy (non-hydrogen) atoms. The summed E-state index contributed by atoms with van der Waals surface area (Å²) in [7, 11) is 1.40. The van der Waals surface area contributed by atoms with E-state index in [4.69, 9.17) is 16.7 Å². The van der Waals surface area contributed by atoms with Crippen LogP contribution in [0.15, 0.2) is 0 Å². The number of anilines is 1. The maximum absolute atomic E-state index is 12.0. The van der Waals surface area contributed by atoms with E-state index in [1.807, 2.05) is 0 Å². The number of carboxylic acid groups (broad SMARTS) is 1. The van der Waals surface area contributed by atoms with Gasteiger partial charge in [0.05, 0.1) is 6.42 Å². The zero-order valence-corrected chi connectivity index (χ0v) is 10.2. The highest BCUT2D eigenvalue weighted by Crippen LogP contribution is 2.30. The predicted molar refractivity (Wildman–Crippen MR) is 58.0 cm³/mol. The van der Waals surface area contributed by atoms with Gasteiger partial charge in [-0.25, -0.2) is 9.78 Å². The fourth-order valence-corrected chi connectivity index (χ4v) is 2.09. The molecular weight excluding hydrogens is 281 g/mol. The number of aromatic carboxylic acids is 1. The van der Waals surface area contributed by atoms with Gasteiger partial charge in [-0.2, -0.15) is 13.2 Å². The van der Waals surface area contributed by atoms with Crippen molar-refractivity contribution in [2.45, 2.75) is 12.6 Å². The van der Waals surface area contributed by atoms with Crippen LogP contribution >= 0.6 is 22.9 Å². The van der Waals surface area contributed by atoms with E-state index in [-0.39, 0.29) is 21.7 Å². The molecule has 1 rings (SSSR count). The lowest BCUT2D eigenvalue weighted by molar-refractivity contribution is -0.132. The van der Waals surface area contributed by atoms with Crippen LogP contribution in [0, 0.1) is 0 Å². The Kier molecular flexibility index (Phi) is 4.21. The molecule has 0 amide bonds. The Morgan fingerprint density at radius 1 is 1.59 bits per heavy atom. The van der Waals surface area contributed by atoms with Crippen LogP contribution in [0.2, 0.25) is 5.15 Å². The fraction of sp³-hybridized carbons (Fsp3) is 0.500. The maximum atomic E-state index is 12.0.